The Morgan fingerprint density at radius 3 is 2.50 bits per heavy atom. The highest BCUT2D eigenvalue weighted by molar-refractivity contribution is 7.07. The van der Waals surface area contributed by atoms with Crippen molar-refractivity contribution in [3.8, 4) is 0 Å². The van der Waals surface area contributed by atoms with Crippen molar-refractivity contribution < 1.29 is 27.5 Å². The van der Waals surface area contributed by atoms with E-state index in [9.17, 15) is 22.8 Å². The smallest absolute Gasteiger partial charge is 0.375 e. The van der Waals surface area contributed by atoms with E-state index in [1.165, 1.54) is 23.8 Å². The van der Waals surface area contributed by atoms with Crippen LogP contribution in [-0.4, -0.2) is 38.2 Å². The molecule has 0 aliphatic rings. The third-order valence-corrected chi connectivity index (χ3v) is 3.00. The third-order valence-electron chi connectivity index (χ3n) is 2.30. The normalized spacial score (nSPS) is 12.8. The first-order chi connectivity index (χ1) is 9.33. The third kappa shape index (κ3) is 5.57. The summed E-state index contributed by atoms with van der Waals surface area (Å²) in [5, 5.41) is 7.33. The van der Waals surface area contributed by atoms with Crippen LogP contribution in [-0.2, 0) is 14.3 Å². The van der Waals surface area contributed by atoms with Gasteiger partial charge >= 0.3 is 18.0 Å². The van der Waals surface area contributed by atoms with Gasteiger partial charge in [0.1, 0.15) is 12.6 Å². The molecule has 0 aromatic carbocycles. The SMILES string of the molecule is COC(CNC(=O)C(=O)NCC(F)(F)F)c1ccsc1. The quantitative estimate of drug-likeness (QED) is 0.804. The molecule has 2 N–H and O–H groups in total. The van der Waals surface area contributed by atoms with Gasteiger partial charge in [0.25, 0.3) is 0 Å². The first kappa shape index (κ1) is 16.4. The second kappa shape index (κ2) is 7.25. The van der Waals surface area contributed by atoms with Crippen LogP contribution in [0.4, 0.5) is 13.2 Å². The van der Waals surface area contributed by atoms with Gasteiger partial charge in [-0.1, -0.05) is 0 Å². The monoisotopic (exact) mass is 310 g/mol. The van der Waals surface area contributed by atoms with Gasteiger partial charge < -0.3 is 15.4 Å². The van der Waals surface area contributed by atoms with E-state index >= 15 is 0 Å². The average Bonchev–Trinajstić information content (AvgIpc) is 2.89. The fraction of sp³-hybridized carbons (Fsp3) is 0.455. The van der Waals surface area contributed by atoms with Crippen molar-refractivity contribution in [2.24, 2.45) is 0 Å². The lowest BCUT2D eigenvalue weighted by Gasteiger charge is -2.15. The topological polar surface area (TPSA) is 67.4 Å². The zero-order valence-electron chi connectivity index (χ0n) is 10.5. The van der Waals surface area contributed by atoms with Crippen molar-refractivity contribution in [3.05, 3.63) is 22.4 Å². The number of thiophene rings is 1. The van der Waals surface area contributed by atoms with Gasteiger partial charge in [0.15, 0.2) is 0 Å². The predicted molar refractivity (Wildman–Crippen MR) is 66.1 cm³/mol. The lowest BCUT2D eigenvalue weighted by atomic mass is 10.2. The first-order valence-corrected chi connectivity index (χ1v) is 6.45. The number of carbonyl (C=O) groups is 2. The van der Waals surface area contributed by atoms with E-state index in [0.29, 0.717) is 0 Å². The molecule has 0 spiro atoms. The van der Waals surface area contributed by atoms with Crippen molar-refractivity contribution in [2.75, 3.05) is 20.2 Å². The Morgan fingerprint density at radius 1 is 1.35 bits per heavy atom. The van der Waals surface area contributed by atoms with E-state index < -0.39 is 30.6 Å². The molecule has 20 heavy (non-hydrogen) atoms. The summed E-state index contributed by atoms with van der Waals surface area (Å²) in [6.07, 6.45) is -5.01. The first-order valence-electron chi connectivity index (χ1n) is 5.51. The number of nitrogens with one attached hydrogen (secondary N) is 2. The standard InChI is InChI=1S/C11H13F3N2O3S/c1-19-8(7-2-3-20-5-7)4-15-9(17)10(18)16-6-11(12,13)14/h2-3,5,8H,4,6H2,1H3,(H,15,17)(H,16,18). The van der Waals surface area contributed by atoms with E-state index in [4.69, 9.17) is 4.74 Å². The predicted octanol–water partition coefficient (Wildman–Crippen LogP) is 1.23. The Bertz CT molecular complexity index is 448. The van der Waals surface area contributed by atoms with Gasteiger partial charge in [-0.2, -0.15) is 24.5 Å². The minimum atomic E-state index is -4.55. The molecule has 1 unspecified atom stereocenters. The van der Waals surface area contributed by atoms with E-state index in [0.717, 1.165) is 5.56 Å². The van der Waals surface area contributed by atoms with Gasteiger partial charge in [0, 0.05) is 13.7 Å². The van der Waals surface area contributed by atoms with Crippen molar-refractivity contribution in [3.63, 3.8) is 0 Å². The maximum absolute atomic E-state index is 11.9. The van der Waals surface area contributed by atoms with E-state index in [1.54, 1.807) is 6.07 Å². The molecule has 1 heterocycles. The molecule has 0 radical (unpaired) electrons. The van der Waals surface area contributed by atoms with Gasteiger partial charge in [0.2, 0.25) is 0 Å². The summed E-state index contributed by atoms with van der Waals surface area (Å²) in [6.45, 7) is -1.55. The van der Waals surface area contributed by atoms with Crippen LogP contribution < -0.4 is 10.6 Å². The van der Waals surface area contributed by atoms with Gasteiger partial charge in [-0.05, 0) is 22.4 Å². The molecule has 1 aromatic heterocycles. The van der Waals surface area contributed by atoms with Crippen molar-refractivity contribution in [1.29, 1.82) is 0 Å². The summed E-state index contributed by atoms with van der Waals surface area (Å²) in [7, 11) is 1.43. The maximum Gasteiger partial charge on any atom is 0.405 e. The van der Waals surface area contributed by atoms with Crippen LogP contribution in [0, 0.1) is 0 Å². The Labute approximate surface area is 117 Å². The summed E-state index contributed by atoms with van der Waals surface area (Å²) in [6, 6.07) is 1.79. The fourth-order valence-corrected chi connectivity index (χ4v) is 2.02. The number of rotatable bonds is 5. The lowest BCUT2D eigenvalue weighted by Crippen LogP contribution is -2.44. The minimum Gasteiger partial charge on any atom is -0.375 e. The summed E-state index contributed by atoms with van der Waals surface area (Å²) in [5.41, 5.74) is 0.813. The molecule has 2 amide bonds. The number of hydrogen-bond acceptors (Lipinski definition) is 4. The number of amides is 2. The van der Waals surface area contributed by atoms with Crippen LogP contribution in [0.1, 0.15) is 11.7 Å². The zero-order valence-corrected chi connectivity index (χ0v) is 11.3. The zero-order chi connectivity index (χ0) is 15.2. The van der Waals surface area contributed by atoms with Crippen molar-refractivity contribution in [2.45, 2.75) is 12.3 Å². The van der Waals surface area contributed by atoms with Crippen LogP contribution in [0.2, 0.25) is 0 Å². The average molecular weight is 310 g/mol. The molecule has 0 fully saturated rings. The van der Waals surface area contributed by atoms with E-state index in [2.05, 4.69) is 5.32 Å². The highest BCUT2D eigenvalue weighted by Gasteiger charge is 2.29. The van der Waals surface area contributed by atoms with E-state index in [1.807, 2.05) is 10.8 Å². The molecule has 9 heteroatoms. The van der Waals surface area contributed by atoms with Crippen LogP contribution in [0.15, 0.2) is 16.8 Å². The largest absolute Gasteiger partial charge is 0.405 e. The number of methoxy groups -OCH3 is 1. The van der Waals surface area contributed by atoms with Gasteiger partial charge in [0.05, 0.1) is 0 Å². The van der Waals surface area contributed by atoms with Crippen LogP contribution >= 0.6 is 11.3 Å². The van der Waals surface area contributed by atoms with Gasteiger partial charge in [-0.3, -0.25) is 9.59 Å². The fourth-order valence-electron chi connectivity index (χ4n) is 1.32. The number of ether oxygens (including phenoxy) is 1. The molecule has 1 atom stereocenters. The Balaban J connectivity index is 2.40. The molecule has 5 nitrogen and oxygen atoms in total. The van der Waals surface area contributed by atoms with Crippen molar-refractivity contribution in [1.82, 2.24) is 10.6 Å². The van der Waals surface area contributed by atoms with Gasteiger partial charge in [-0.25, -0.2) is 0 Å². The van der Waals surface area contributed by atoms with Crippen molar-refractivity contribution >= 4 is 23.2 Å². The summed E-state index contributed by atoms with van der Waals surface area (Å²) >= 11 is 1.44. The molecule has 0 bridgehead atoms. The Kier molecular flexibility index (Phi) is 5.96. The molecule has 1 aromatic rings. The molecule has 0 saturated heterocycles. The second-order valence-corrected chi connectivity index (χ2v) is 4.57. The molecule has 112 valence electrons. The molecular weight excluding hydrogens is 297 g/mol. The number of carbonyl (C=O) groups excluding carboxylic acids is 2. The van der Waals surface area contributed by atoms with Crippen LogP contribution in [0.3, 0.4) is 0 Å². The van der Waals surface area contributed by atoms with Crippen LogP contribution in [0.5, 0.6) is 0 Å². The minimum absolute atomic E-state index is 0.00843. The highest BCUT2D eigenvalue weighted by atomic mass is 32.1. The molecule has 0 saturated carbocycles. The summed E-state index contributed by atoms with van der Waals surface area (Å²) < 4.78 is 40.7. The Morgan fingerprint density at radius 2 is 2.00 bits per heavy atom. The molecular formula is C11H13F3N2O3S. The van der Waals surface area contributed by atoms with Crippen LogP contribution in [0.25, 0.3) is 0 Å². The lowest BCUT2D eigenvalue weighted by molar-refractivity contribution is -0.146. The Hall–Kier alpha value is -1.61. The summed E-state index contributed by atoms with van der Waals surface area (Å²) in [4.78, 5) is 22.4. The maximum atomic E-state index is 11.9. The second-order valence-electron chi connectivity index (χ2n) is 3.79. The van der Waals surface area contributed by atoms with Gasteiger partial charge in [-0.15, -0.1) is 0 Å². The molecule has 0 aliphatic heterocycles. The highest BCUT2D eigenvalue weighted by Crippen LogP contribution is 2.18. The number of alkyl halides is 3. The van der Waals surface area contributed by atoms with E-state index in [-0.39, 0.29) is 6.54 Å². The number of halogens is 3. The molecule has 0 aliphatic carbocycles. The number of hydrogen-bond donors (Lipinski definition) is 2. The molecule has 1 rings (SSSR count). The summed E-state index contributed by atoms with van der Waals surface area (Å²) in [5.74, 6) is -2.46.